The van der Waals surface area contributed by atoms with Gasteiger partial charge in [0.2, 0.25) is 0 Å². The number of H-pyrrole nitrogens is 1. The number of halogens is 3. The molecule has 0 atom stereocenters. The number of carbonyl (C=O) groups is 1. The predicted octanol–water partition coefficient (Wildman–Crippen LogP) is 4.78. The fraction of sp³-hybridized carbons (Fsp3) is 0.393. The summed E-state index contributed by atoms with van der Waals surface area (Å²) in [6.45, 7) is 1.72. The Morgan fingerprint density at radius 3 is 2.46 bits per heavy atom. The van der Waals surface area contributed by atoms with Gasteiger partial charge in [0.15, 0.2) is 5.65 Å². The van der Waals surface area contributed by atoms with E-state index in [2.05, 4.69) is 20.1 Å². The normalized spacial score (nSPS) is 16.7. The van der Waals surface area contributed by atoms with Crippen LogP contribution >= 0.6 is 0 Å². The molecular weight excluding hydrogens is 509 g/mol. The molecule has 1 saturated heterocycles. The van der Waals surface area contributed by atoms with Crippen molar-refractivity contribution < 1.29 is 18.0 Å². The quantitative estimate of drug-likeness (QED) is 0.383. The van der Waals surface area contributed by atoms with E-state index in [9.17, 15) is 14.0 Å². The molecule has 1 aliphatic carbocycles. The number of carbonyl (C=O) groups excluding carboxylic acids is 1. The summed E-state index contributed by atoms with van der Waals surface area (Å²) >= 11 is 0. The molecular formula is C28H27F3N6O2. The van der Waals surface area contributed by atoms with Gasteiger partial charge >= 0.3 is 0 Å². The van der Waals surface area contributed by atoms with Crippen LogP contribution in [-0.2, 0) is 5.92 Å². The predicted molar refractivity (Wildman–Crippen MR) is 138 cm³/mol. The maximum absolute atomic E-state index is 15.0. The van der Waals surface area contributed by atoms with E-state index in [1.54, 1.807) is 6.92 Å². The van der Waals surface area contributed by atoms with E-state index >= 15 is 8.78 Å². The van der Waals surface area contributed by atoms with Crippen molar-refractivity contribution in [3.05, 3.63) is 69.9 Å². The summed E-state index contributed by atoms with van der Waals surface area (Å²) in [6, 6.07) is 7.11. The summed E-state index contributed by atoms with van der Waals surface area (Å²) in [4.78, 5) is 41.5. The molecule has 1 aliphatic heterocycles. The fourth-order valence-electron chi connectivity index (χ4n) is 5.59. The largest absolute Gasteiger partial charge is 0.338 e. The topological polar surface area (TPSA) is 96.2 Å². The summed E-state index contributed by atoms with van der Waals surface area (Å²) in [5.41, 5.74) is 1.57. The molecule has 0 radical (unpaired) electrons. The molecule has 6 rings (SSSR count). The van der Waals surface area contributed by atoms with E-state index in [1.807, 2.05) is 0 Å². The molecule has 202 valence electrons. The molecule has 4 aromatic rings. The van der Waals surface area contributed by atoms with Crippen molar-refractivity contribution >= 4 is 11.6 Å². The molecule has 0 bridgehead atoms. The number of benzene rings is 1. The molecule has 39 heavy (non-hydrogen) atoms. The van der Waals surface area contributed by atoms with Gasteiger partial charge in [-0.05, 0) is 19.8 Å². The highest BCUT2D eigenvalue weighted by atomic mass is 19.3. The number of aromatic nitrogens is 5. The van der Waals surface area contributed by atoms with Gasteiger partial charge in [0.25, 0.3) is 17.4 Å². The Bertz CT molecular complexity index is 1600. The number of amides is 1. The van der Waals surface area contributed by atoms with Crippen LogP contribution in [-0.4, -0.2) is 55.1 Å². The summed E-state index contributed by atoms with van der Waals surface area (Å²) in [5, 5.41) is 2.96. The van der Waals surface area contributed by atoms with Gasteiger partial charge in [0.1, 0.15) is 11.3 Å². The first-order valence-electron chi connectivity index (χ1n) is 13.1. The maximum Gasteiger partial charge on any atom is 0.276 e. The lowest BCUT2D eigenvalue weighted by Gasteiger charge is -2.37. The zero-order valence-corrected chi connectivity index (χ0v) is 21.3. The lowest BCUT2D eigenvalue weighted by Crippen LogP contribution is -2.50. The average molecular weight is 537 g/mol. The number of nitrogens with one attached hydrogen (secondary N) is 1. The minimum Gasteiger partial charge on any atom is -0.338 e. The second-order valence-electron chi connectivity index (χ2n) is 10.4. The molecule has 4 heterocycles. The Morgan fingerprint density at radius 1 is 1.10 bits per heavy atom. The molecule has 1 amide bonds. The number of fused-ring (bicyclic) bond motifs is 1. The summed E-state index contributed by atoms with van der Waals surface area (Å²) in [5.74, 6) is -4.23. The van der Waals surface area contributed by atoms with Crippen molar-refractivity contribution in [3.8, 4) is 22.6 Å². The van der Waals surface area contributed by atoms with E-state index in [0.29, 0.717) is 29.8 Å². The van der Waals surface area contributed by atoms with E-state index in [1.165, 1.54) is 47.6 Å². The Hall–Kier alpha value is -4.02. The monoisotopic (exact) mass is 536 g/mol. The molecule has 3 aromatic heterocycles. The Labute approximate surface area is 221 Å². The lowest BCUT2D eigenvalue weighted by molar-refractivity contribution is -0.0625. The van der Waals surface area contributed by atoms with Gasteiger partial charge in [-0.1, -0.05) is 37.1 Å². The summed E-state index contributed by atoms with van der Waals surface area (Å²) in [6.07, 6.45) is 5.63. The second-order valence-corrected chi connectivity index (χ2v) is 10.4. The number of likely N-dealkylation sites (tertiary alicyclic amines) is 1. The number of nitrogens with zero attached hydrogens (tertiary/aromatic N) is 5. The molecule has 2 aliphatic rings. The maximum atomic E-state index is 15.0. The van der Waals surface area contributed by atoms with Gasteiger partial charge in [0.05, 0.1) is 23.8 Å². The highest BCUT2D eigenvalue weighted by Gasteiger charge is 2.42. The third-order valence-corrected chi connectivity index (χ3v) is 7.84. The first kappa shape index (κ1) is 25.3. The van der Waals surface area contributed by atoms with Gasteiger partial charge in [-0.25, -0.2) is 18.3 Å². The van der Waals surface area contributed by atoms with Crippen molar-refractivity contribution in [3.63, 3.8) is 0 Å². The van der Waals surface area contributed by atoms with Crippen LogP contribution in [0.4, 0.5) is 13.2 Å². The molecule has 0 unspecified atom stereocenters. The van der Waals surface area contributed by atoms with Crippen molar-refractivity contribution in [1.29, 1.82) is 0 Å². The first-order chi connectivity index (χ1) is 18.8. The van der Waals surface area contributed by atoms with Crippen LogP contribution in [0.25, 0.3) is 28.3 Å². The smallest absolute Gasteiger partial charge is 0.276 e. The highest BCUT2D eigenvalue weighted by Crippen LogP contribution is 2.45. The van der Waals surface area contributed by atoms with Crippen LogP contribution in [0.5, 0.6) is 0 Å². The lowest BCUT2D eigenvalue weighted by atomic mass is 9.92. The van der Waals surface area contributed by atoms with Crippen LogP contribution in [0.1, 0.15) is 47.3 Å². The van der Waals surface area contributed by atoms with E-state index in [0.717, 1.165) is 17.4 Å². The molecule has 1 aromatic carbocycles. The van der Waals surface area contributed by atoms with Crippen molar-refractivity contribution in [2.24, 2.45) is 11.8 Å². The molecule has 2 fully saturated rings. The number of hydrogen-bond acceptors (Lipinski definition) is 5. The van der Waals surface area contributed by atoms with Crippen molar-refractivity contribution in [2.75, 3.05) is 19.8 Å². The van der Waals surface area contributed by atoms with Gasteiger partial charge in [-0.15, -0.1) is 0 Å². The van der Waals surface area contributed by atoms with Gasteiger partial charge in [-0.3, -0.25) is 29.0 Å². The zero-order chi connectivity index (χ0) is 27.3. The fourth-order valence-corrected chi connectivity index (χ4v) is 5.59. The van der Waals surface area contributed by atoms with E-state index < -0.39 is 30.0 Å². The van der Waals surface area contributed by atoms with Crippen molar-refractivity contribution in [2.45, 2.75) is 38.5 Å². The SMILES string of the molecule is Cc1nccnc1-c1[nH]n2c(=O)cc(-c3ccc(C(F)(F)C4CCCC4)cc3)nc2c1C(=O)N1CC(CF)C1. The molecule has 1 saturated carbocycles. The van der Waals surface area contributed by atoms with Gasteiger partial charge in [-0.2, -0.15) is 0 Å². The van der Waals surface area contributed by atoms with E-state index in [4.69, 9.17) is 0 Å². The standard InChI is InChI=1S/C28H27F3N6O2/c1-16-24(33-11-10-32-16)25-23(27(39)36-14-17(13-29)15-36)26-34-21(12-22(38)37(26)35-25)18-6-8-20(9-7-18)28(30,31)19-4-2-3-5-19/h6-12,17,19,35H,2-5,13-15H2,1H3. The molecule has 8 nitrogen and oxygen atoms in total. The van der Waals surface area contributed by atoms with Crippen LogP contribution in [0, 0.1) is 18.8 Å². The van der Waals surface area contributed by atoms with Crippen LogP contribution in [0.15, 0.2) is 47.5 Å². The average Bonchev–Trinajstić information content (AvgIpc) is 3.58. The van der Waals surface area contributed by atoms with Crippen LogP contribution in [0.3, 0.4) is 0 Å². The highest BCUT2D eigenvalue weighted by molar-refractivity contribution is 6.06. The number of rotatable bonds is 6. The second kappa shape index (κ2) is 9.62. The first-order valence-corrected chi connectivity index (χ1v) is 13.1. The molecule has 1 N–H and O–H groups in total. The zero-order valence-electron chi connectivity index (χ0n) is 21.3. The number of aromatic amines is 1. The molecule has 0 spiro atoms. The summed E-state index contributed by atoms with van der Waals surface area (Å²) in [7, 11) is 0. The van der Waals surface area contributed by atoms with Crippen LogP contribution < -0.4 is 5.56 Å². The number of aryl methyl sites for hydroxylation is 1. The number of alkyl halides is 3. The minimum atomic E-state index is -2.93. The number of hydrogen-bond donors (Lipinski definition) is 1. The Kier molecular flexibility index (Phi) is 6.23. The van der Waals surface area contributed by atoms with E-state index in [-0.39, 0.29) is 47.2 Å². The third-order valence-electron chi connectivity index (χ3n) is 7.84. The van der Waals surface area contributed by atoms with Crippen molar-refractivity contribution in [1.82, 2.24) is 29.5 Å². The third kappa shape index (κ3) is 4.29. The summed E-state index contributed by atoms with van der Waals surface area (Å²) < 4.78 is 44.3. The van der Waals surface area contributed by atoms with Crippen LogP contribution in [0.2, 0.25) is 0 Å². The minimum absolute atomic E-state index is 0.0610. The Balaban J connectivity index is 1.44. The molecule has 11 heteroatoms. The Morgan fingerprint density at radius 2 is 1.79 bits per heavy atom. The van der Waals surface area contributed by atoms with Gasteiger partial charge < -0.3 is 4.90 Å². The van der Waals surface area contributed by atoms with Gasteiger partial charge in [0, 0.05) is 54.5 Å².